The fourth-order valence-corrected chi connectivity index (χ4v) is 6.84. The van der Waals surface area contributed by atoms with Crippen LogP contribution in [-0.2, 0) is 37.5 Å². The molecule has 0 rings (SSSR count). The van der Waals surface area contributed by atoms with Crippen LogP contribution in [0.15, 0.2) is 12.2 Å². The van der Waals surface area contributed by atoms with Crippen LogP contribution in [0.2, 0.25) is 0 Å². The zero-order valence-electron chi connectivity index (χ0n) is 35.3. The number of carbonyl (C=O) groups is 3. The van der Waals surface area contributed by atoms with E-state index in [9.17, 15) is 23.8 Å². The molecule has 1 radical (unpaired) electrons. The Bertz CT molecular complexity index is 986. The minimum Gasteiger partial charge on any atom is -0.480 e. The minimum atomic E-state index is -4.71. The van der Waals surface area contributed by atoms with Crippen LogP contribution < -0.4 is 5.73 Å². The van der Waals surface area contributed by atoms with Crippen molar-refractivity contribution in [3.05, 3.63) is 12.2 Å². The first-order valence-electron chi connectivity index (χ1n) is 21.7. The molecule has 0 fully saturated rings. The molecule has 1 unspecified atom stereocenters. The van der Waals surface area contributed by atoms with Crippen molar-refractivity contribution in [3.63, 3.8) is 0 Å². The molecule has 0 aliphatic rings. The third-order valence-electron chi connectivity index (χ3n) is 9.51. The molecule has 0 spiro atoms. The first-order chi connectivity index (χ1) is 26.1. The summed E-state index contributed by atoms with van der Waals surface area (Å²) in [7, 11) is -4.71. The second-order valence-corrected chi connectivity index (χ2v) is 16.3. The van der Waals surface area contributed by atoms with Crippen molar-refractivity contribution < 1.29 is 47.5 Å². The molecule has 0 aromatic rings. The summed E-state index contributed by atoms with van der Waals surface area (Å²) in [5.41, 5.74) is 5.33. The van der Waals surface area contributed by atoms with Gasteiger partial charge in [0.1, 0.15) is 12.6 Å². The molecule has 3 atom stereocenters. The van der Waals surface area contributed by atoms with Crippen molar-refractivity contribution >= 4 is 55.3 Å². The quantitative estimate of drug-likeness (QED) is 0.0176. The Morgan fingerprint density at radius 1 is 0.564 bits per heavy atom. The van der Waals surface area contributed by atoms with Gasteiger partial charge in [-0.3, -0.25) is 23.4 Å². The Labute approximate surface area is 357 Å². The van der Waals surface area contributed by atoms with Crippen molar-refractivity contribution in [2.45, 2.75) is 219 Å². The zero-order valence-corrected chi connectivity index (χ0v) is 38.2. The van der Waals surface area contributed by atoms with E-state index in [0.29, 0.717) is 12.8 Å². The zero-order chi connectivity index (χ0) is 40.0. The predicted octanol–water partition coefficient (Wildman–Crippen LogP) is 10.9. The standard InChI is InChI=1S/C42H80NO10P.Na/c1-3-5-7-9-11-13-15-17-19-21-23-25-27-29-31-33-40(44)50-35-38(36-51-54(48,49)52-37-39(43)42(46)47)53-41(45)34-32-30-28-26-24-22-20-18-16-14-12-10-8-6-4-2;/h18,20,38-39H,3-17,19,21-37,43H2,1-2H3,(H,46,47)(H,48,49);/b20-18-;/t38-,39+;/m1./s1. The van der Waals surface area contributed by atoms with Crippen LogP contribution in [0, 0.1) is 0 Å². The van der Waals surface area contributed by atoms with Crippen molar-refractivity contribution in [2.75, 3.05) is 19.8 Å². The molecule has 0 heterocycles. The summed E-state index contributed by atoms with van der Waals surface area (Å²) in [6, 6.07) is -1.52. The molecule has 319 valence electrons. The molecule has 0 aromatic heterocycles. The van der Waals surface area contributed by atoms with E-state index in [-0.39, 0.29) is 49.0 Å². The maximum absolute atomic E-state index is 12.6. The van der Waals surface area contributed by atoms with Gasteiger partial charge in [-0.25, -0.2) is 4.57 Å². The predicted molar refractivity (Wildman–Crippen MR) is 223 cm³/mol. The fraction of sp³-hybridized carbons (Fsp3) is 0.881. The van der Waals surface area contributed by atoms with Gasteiger partial charge in [0.2, 0.25) is 0 Å². The molecule has 0 saturated carbocycles. The maximum Gasteiger partial charge on any atom is 0.472 e. The molecule has 13 heteroatoms. The number of carboxylic acids is 1. The molecule has 0 bridgehead atoms. The van der Waals surface area contributed by atoms with E-state index in [2.05, 4.69) is 30.5 Å². The van der Waals surface area contributed by atoms with Crippen molar-refractivity contribution in [1.29, 1.82) is 0 Å². The van der Waals surface area contributed by atoms with Crippen LogP contribution in [0.5, 0.6) is 0 Å². The molecule has 0 saturated heterocycles. The molecule has 55 heavy (non-hydrogen) atoms. The Kier molecular flexibility index (Phi) is 42.4. The van der Waals surface area contributed by atoms with Crippen LogP contribution >= 0.6 is 7.82 Å². The number of hydrogen-bond donors (Lipinski definition) is 3. The van der Waals surface area contributed by atoms with Gasteiger partial charge < -0.3 is 25.2 Å². The van der Waals surface area contributed by atoms with Crippen LogP contribution in [0.25, 0.3) is 0 Å². The third-order valence-corrected chi connectivity index (χ3v) is 10.5. The summed E-state index contributed by atoms with van der Waals surface area (Å²) in [6.07, 6.45) is 37.0. The second-order valence-electron chi connectivity index (χ2n) is 14.8. The number of unbranched alkanes of at least 4 members (excludes halogenated alkanes) is 25. The summed E-state index contributed by atoms with van der Waals surface area (Å²) in [5, 5.41) is 8.88. The van der Waals surface area contributed by atoms with Gasteiger partial charge in [-0.1, -0.05) is 167 Å². The monoisotopic (exact) mass is 813 g/mol. The Morgan fingerprint density at radius 2 is 0.927 bits per heavy atom. The van der Waals surface area contributed by atoms with Gasteiger partial charge >= 0.3 is 25.7 Å². The Balaban J connectivity index is 0. The van der Waals surface area contributed by atoms with E-state index >= 15 is 0 Å². The van der Waals surface area contributed by atoms with Gasteiger partial charge in [0.15, 0.2) is 6.10 Å². The number of rotatable bonds is 41. The molecular formula is C42H80NNaO10P. The van der Waals surface area contributed by atoms with Gasteiger partial charge in [0.25, 0.3) is 0 Å². The molecule has 0 aromatic carbocycles. The summed E-state index contributed by atoms with van der Waals surface area (Å²) in [4.78, 5) is 45.9. The van der Waals surface area contributed by atoms with E-state index in [0.717, 1.165) is 57.8 Å². The normalized spacial score (nSPS) is 13.6. The third kappa shape index (κ3) is 41.2. The van der Waals surface area contributed by atoms with Crippen LogP contribution in [0.3, 0.4) is 0 Å². The van der Waals surface area contributed by atoms with Crippen molar-refractivity contribution in [3.8, 4) is 0 Å². The fourth-order valence-electron chi connectivity index (χ4n) is 6.06. The molecule has 0 amide bonds. The van der Waals surface area contributed by atoms with Gasteiger partial charge in [-0.15, -0.1) is 0 Å². The average molecular weight is 813 g/mol. The molecule has 4 N–H and O–H groups in total. The number of hydrogen-bond acceptors (Lipinski definition) is 9. The number of nitrogens with two attached hydrogens (primary N) is 1. The maximum atomic E-state index is 12.6. The number of carboxylic acid groups (broad SMARTS) is 1. The molecular weight excluding hydrogens is 732 g/mol. The van der Waals surface area contributed by atoms with Gasteiger partial charge in [-0.05, 0) is 38.5 Å². The first-order valence-corrected chi connectivity index (χ1v) is 23.2. The summed E-state index contributed by atoms with van der Waals surface area (Å²) in [6.45, 7) is 2.81. The average Bonchev–Trinajstić information content (AvgIpc) is 3.14. The van der Waals surface area contributed by atoms with Crippen molar-refractivity contribution in [2.24, 2.45) is 5.73 Å². The molecule has 0 aliphatic heterocycles. The Morgan fingerprint density at radius 3 is 1.35 bits per heavy atom. The van der Waals surface area contributed by atoms with Crippen LogP contribution in [0.1, 0.15) is 206 Å². The van der Waals surface area contributed by atoms with E-state index in [1.165, 1.54) is 109 Å². The van der Waals surface area contributed by atoms with Gasteiger partial charge in [0.05, 0.1) is 13.2 Å². The van der Waals surface area contributed by atoms with E-state index in [1.54, 1.807) is 0 Å². The number of aliphatic carboxylic acids is 1. The van der Waals surface area contributed by atoms with E-state index in [4.69, 9.17) is 24.8 Å². The number of carbonyl (C=O) groups excluding carboxylic acids is 2. The van der Waals surface area contributed by atoms with Crippen LogP contribution in [0.4, 0.5) is 0 Å². The second kappa shape index (κ2) is 41.4. The summed E-state index contributed by atoms with van der Waals surface area (Å²) < 4.78 is 32.7. The summed E-state index contributed by atoms with van der Waals surface area (Å²) >= 11 is 0. The number of allylic oxidation sites excluding steroid dienone is 2. The topological polar surface area (TPSA) is 172 Å². The van der Waals surface area contributed by atoms with E-state index in [1.807, 2.05) is 0 Å². The number of phosphoric ester groups is 1. The first kappa shape index (κ1) is 56.3. The summed E-state index contributed by atoms with van der Waals surface area (Å²) in [5.74, 6) is -2.38. The van der Waals surface area contributed by atoms with Gasteiger partial charge in [0, 0.05) is 42.4 Å². The molecule has 0 aliphatic carbocycles. The Hall–Kier alpha value is -0.780. The number of ether oxygens (including phenoxy) is 2. The smallest absolute Gasteiger partial charge is 0.472 e. The largest absolute Gasteiger partial charge is 0.480 e. The number of phosphoric acid groups is 1. The minimum absolute atomic E-state index is 0. The number of esters is 2. The van der Waals surface area contributed by atoms with Crippen LogP contribution in [-0.4, -0.2) is 89.4 Å². The van der Waals surface area contributed by atoms with E-state index < -0.39 is 51.1 Å². The van der Waals surface area contributed by atoms with Crippen molar-refractivity contribution in [1.82, 2.24) is 0 Å². The van der Waals surface area contributed by atoms with Gasteiger partial charge in [-0.2, -0.15) is 0 Å². The molecule has 11 nitrogen and oxygen atoms in total. The SMILES string of the molecule is CCCCCCCC/C=C\CCCCCCCC(=O)O[C@H](COC(=O)CCCCCCCCCCCCCCCCC)COP(=O)(O)OC[C@H](N)C(=O)O.[Na].